The monoisotopic (exact) mass is 679 g/mol. The molecule has 3 heterocycles. The Bertz CT molecular complexity index is 561. The number of hydrogen-bond donors (Lipinski definition) is 0. The third kappa shape index (κ3) is 8.77. The third-order valence-electron chi connectivity index (χ3n) is 2.35. The summed E-state index contributed by atoms with van der Waals surface area (Å²) in [4.78, 5) is 13.0. The Kier molecular flexibility index (Phi) is 28.1. The molecule has 1 aliphatic rings. The van der Waals surface area contributed by atoms with Crippen LogP contribution in [0.15, 0.2) is 29.4 Å². The summed E-state index contributed by atoms with van der Waals surface area (Å²) < 4.78 is 0. The van der Waals surface area contributed by atoms with Crippen molar-refractivity contribution in [2.75, 3.05) is 6.54 Å². The predicted octanol–water partition coefficient (Wildman–Crippen LogP) is 2.42. The molecule has 3 rings (SSSR count). The summed E-state index contributed by atoms with van der Waals surface area (Å²) in [5.74, 6) is 0. The van der Waals surface area contributed by atoms with Crippen LogP contribution >= 0.6 is 0 Å². The van der Waals surface area contributed by atoms with Gasteiger partial charge in [-0.3, -0.25) is 4.99 Å². The molecule has 3 radical (unpaired) electrons. The second-order valence-electron chi connectivity index (χ2n) is 3.33. The number of pyridine rings is 2. The van der Waals surface area contributed by atoms with Gasteiger partial charge in [-0.2, -0.15) is 0 Å². The zero-order chi connectivity index (χ0) is 9.38. The van der Waals surface area contributed by atoms with Gasteiger partial charge in [0.05, 0.1) is 0 Å². The fraction of sp³-hybridized carbons (Fsp3) is 0.200. The Morgan fingerprint density at radius 2 is 1.67 bits per heavy atom. The third-order valence-corrected chi connectivity index (χ3v) is 2.35. The second kappa shape index (κ2) is 17.1. The van der Waals surface area contributed by atoms with E-state index < -0.39 is 0 Å². The molecule has 1 aliphatic heterocycles. The van der Waals surface area contributed by atoms with E-state index in [1.165, 1.54) is 0 Å². The van der Waals surface area contributed by atoms with Gasteiger partial charge in [0.15, 0.2) is 11.1 Å². The minimum Gasteiger partial charge on any atom is -0.358 e. The Labute approximate surface area is 226 Å². The molecule has 0 bridgehead atoms. The zero-order valence-electron chi connectivity index (χ0n) is 12.0. The van der Waals surface area contributed by atoms with Crippen LogP contribution in [0.2, 0.25) is 0 Å². The number of aromatic nitrogens is 2. The minimum absolute atomic E-state index is 0. The summed E-state index contributed by atoms with van der Waals surface area (Å²) >= 11 is 0. The van der Waals surface area contributed by atoms with Crippen molar-refractivity contribution in [3.63, 3.8) is 0 Å². The van der Waals surface area contributed by atoms with E-state index in [2.05, 4.69) is 27.1 Å². The van der Waals surface area contributed by atoms with Crippen molar-refractivity contribution in [1.29, 1.82) is 0 Å². The van der Waals surface area contributed by atoms with Crippen LogP contribution in [0.3, 0.4) is 0 Å². The molecule has 0 fully saturated rings. The first-order valence-corrected chi connectivity index (χ1v) is 4.70. The fourth-order valence-corrected chi connectivity index (χ4v) is 1.68. The Hall–Kier alpha value is 2.24. The molecule has 0 unspecified atom stereocenters. The standard InChI is InChI=1S/C11H9N3.CH4.3CH3.3Pm/c1-3-8-7-9-4-2-6-13-11(9)14-10(8)12-5-1;;;;;;;/h1,3-5,7H,2,6H2;1H4;3*1H3;;;/q;;3*-1;;;. The van der Waals surface area contributed by atoms with Crippen molar-refractivity contribution in [2.24, 2.45) is 4.99 Å². The van der Waals surface area contributed by atoms with E-state index in [0.717, 1.165) is 34.7 Å². The SMILES string of the molecule is C.C1=c2cc3cccnc3nc2=NCC1.[CH3-].[CH3-].[CH3-].[Pm].[Pm].[Pm]. The number of fused-ring (bicyclic) bond motifs is 2. The molecule has 0 aromatic carbocycles. The molecule has 3 nitrogen and oxygen atoms in total. The molecule has 2 aromatic rings. The fourth-order valence-electron chi connectivity index (χ4n) is 1.68. The molecule has 0 N–H and O–H groups in total. The van der Waals surface area contributed by atoms with E-state index >= 15 is 0 Å². The van der Waals surface area contributed by atoms with Crippen LogP contribution in [0, 0.1) is 143 Å². The van der Waals surface area contributed by atoms with E-state index in [9.17, 15) is 0 Å². The Morgan fingerprint density at radius 1 is 1.00 bits per heavy atom. The number of nitrogens with zero attached hydrogens (tertiary/aromatic N) is 3. The molecule has 2 aromatic heterocycles. The number of rotatable bonds is 0. The van der Waals surface area contributed by atoms with E-state index in [0.29, 0.717) is 0 Å². The van der Waals surface area contributed by atoms with Crippen LogP contribution in [-0.2, 0) is 0 Å². The summed E-state index contributed by atoms with van der Waals surface area (Å²) in [5, 5.41) is 2.22. The van der Waals surface area contributed by atoms with E-state index in [-0.39, 0.29) is 151 Å². The van der Waals surface area contributed by atoms with Gasteiger partial charge in [-0.1, -0.05) is 13.5 Å². The molecule has 0 saturated carbocycles. The van der Waals surface area contributed by atoms with Gasteiger partial charge in [0.2, 0.25) is 0 Å². The molecule has 21 heavy (non-hydrogen) atoms. The number of hydrogen-bond acceptors (Lipinski definition) is 3. The second-order valence-corrected chi connectivity index (χ2v) is 3.33. The van der Waals surface area contributed by atoms with Crippen LogP contribution in [-0.4, -0.2) is 16.5 Å². The van der Waals surface area contributed by atoms with E-state index in [1.54, 1.807) is 6.20 Å². The van der Waals surface area contributed by atoms with E-state index in [4.69, 9.17) is 0 Å². The van der Waals surface area contributed by atoms with E-state index in [1.807, 2.05) is 12.1 Å². The van der Waals surface area contributed by atoms with Crippen LogP contribution in [0.25, 0.3) is 17.1 Å². The maximum absolute atomic E-state index is 4.41. The topological polar surface area (TPSA) is 38.1 Å². The summed E-state index contributed by atoms with van der Waals surface area (Å²) in [6, 6.07) is 6.06. The van der Waals surface area contributed by atoms with Gasteiger partial charge in [0.1, 0.15) is 0 Å². The van der Waals surface area contributed by atoms with Gasteiger partial charge >= 0.3 is 0 Å². The van der Waals surface area contributed by atoms with Crippen LogP contribution in [0.4, 0.5) is 0 Å². The van der Waals surface area contributed by atoms with Crippen molar-refractivity contribution in [3.05, 3.63) is 57.4 Å². The summed E-state index contributed by atoms with van der Waals surface area (Å²) in [5.41, 5.74) is 1.62. The van der Waals surface area contributed by atoms with Gasteiger partial charge in [-0.05, 0) is 24.6 Å². The molecular formula is C15H22N3Pm3-3. The van der Waals surface area contributed by atoms with Crippen LogP contribution in [0.5, 0.6) is 0 Å². The van der Waals surface area contributed by atoms with Gasteiger partial charge in [0.25, 0.3) is 0 Å². The van der Waals surface area contributed by atoms with Gasteiger partial charge in [-0.25, -0.2) is 9.97 Å². The normalized spacial score (nSPS) is 9.52. The molecular weight excluding hydrogens is 657 g/mol. The predicted molar refractivity (Wildman–Crippen MR) is 80.2 cm³/mol. The first kappa shape index (κ1) is 34.6. The molecule has 0 aliphatic carbocycles. The minimum atomic E-state index is 0. The van der Waals surface area contributed by atoms with Crippen molar-refractivity contribution in [2.45, 2.75) is 13.8 Å². The molecule has 115 valence electrons. The average molecular weight is 679 g/mol. The smallest absolute Gasteiger partial charge is 0.161 e. The maximum Gasteiger partial charge on any atom is 0.161 e. The van der Waals surface area contributed by atoms with Crippen molar-refractivity contribution >= 4 is 17.1 Å². The average Bonchev–Trinajstić information content (AvgIpc) is 2.26. The maximum atomic E-state index is 4.41. The van der Waals surface area contributed by atoms with Crippen LogP contribution in [0.1, 0.15) is 13.8 Å². The molecule has 0 saturated heterocycles. The van der Waals surface area contributed by atoms with Gasteiger partial charge < -0.3 is 22.3 Å². The summed E-state index contributed by atoms with van der Waals surface area (Å²) in [6.45, 7) is 0.846. The first-order chi connectivity index (χ1) is 6.93. The largest absolute Gasteiger partial charge is 0.358 e. The Morgan fingerprint density at radius 3 is 2.33 bits per heavy atom. The van der Waals surface area contributed by atoms with Crippen molar-refractivity contribution < 1.29 is 121 Å². The molecule has 0 amide bonds. The first-order valence-electron chi connectivity index (χ1n) is 4.70. The van der Waals surface area contributed by atoms with Crippen molar-refractivity contribution in [1.82, 2.24) is 9.97 Å². The van der Waals surface area contributed by atoms with Crippen LogP contribution < -0.4 is 10.7 Å². The van der Waals surface area contributed by atoms with Crippen molar-refractivity contribution in [3.8, 4) is 0 Å². The summed E-state index contributed by atoms with van der Waals surface area (Å²) in [7, 11) is 0. The quantitative estimate of drug-likeness (QED) is 0.402. The molecule has 0 spiro atoms. The van der Waals surface area contributed by atoms with Gasteiger partial charge in [-0.15, -0.1) is 0 Å². The molecule has 0 atom stereocenters. The summed E-state index contributed by atoms with van der Waals surface area (Å²) in [6.07, 6.45) is 4.95. The Balaban J connectivity index is -0.000000122. The zero-order valence-corrected chi connectivity index (χ0v) is 20.6. The molecule has 6 heteroatoms. The van der Waals surface area contributed by atoms with Gasteiger partial charge in [0, 0.05) is 145 Å².